The van der Waals surface area contributed by atoms with E-state index in [1.54, 1.807) is 0 Å². The van der Waals surface area contributed by atoms with Gasteiger partial charge in [0.15, 0.2) is 0 Å². The maximum absolute atomic E-state index is 12.1. The number of hydrogen-bond acceptors (Lipinski definition) is 5. The van der Waals surface area contributed by atoms with E-state index < -0.39 is 5.97 Å². The number of esters is 1. The first kappa shape index (κ1) is 18.4. The van der Waals surface area contributed by atoms with Gasteiger partial charge in [-0.1, -0.05) is 11.6 Å². The highest BCUT2D eigenvalue weighted by atomic mass is 35.5. The van der Waals surface area contributed by atoms with Crippen LogP contribution in [-0.4, -0.2) is 57.3 Å². The Morgan fingerprint density at radius 1 is 1.38 bits per heavy atom. The molecule has 132 valence electrons. The molecule has 2 N–H and O–H groups in total. The van der Waals surface area contributed by atoms with E-state index in [0.29, 0.717) is 18.3 Å². The Hall–Kier alpha value is -1.99. The maximum atomic E-state index is 12.1. The summed E-state index contributed by atoms with van der Waals surface area (Å²) in [4.78, 5) is 26.0. The van der Waals surface area contributed by atoms with Crippen LogP contribution in [0, 0.1) is 0 Å². The molecule has 2 rings (SSSR count). The molecule has 0 spiro atoms. The normalized spacial score (nSPS) is 17.4. The summed E-state index contributed by atoms with van der Waals surface area (Å²) < 4.78 is 9.84. The summed E-state index contributed by atoms with van der Waals surface area (Å²) in [5, 5.41) is 5.74. The number of anilines is 1. The number of ether oxygens (including phenoxy) is 2. The molecule has 0 aromatic heterocycles. The van der Waals surface area contributed by atoms with Crippen LogP contribution in [0.4, 0.5) is 10.5 Å². The molecule has 1 heterocycles. The Kier molecular flexibility index (Phi) is 6.28. The van der Waals surface area contributed by atoms with Crippen LogP contribution >= 0.6 is 11.6 Å². The number of halogens is 1. The van der Waals surface area contributed by atoms with Gasteiger partial charge in [-0.25, -0.2) is 9.59 Å². The summed E-state index contributed by atoms with van der Waals surface area (Å²) in [6.45, 7) is 1.61. The molecule has 1 atom stereocenters. The van der Waals surface area contributed by atoms with Crippen molar-refractivity contribution < 1.29 is 19.1 Å². The fourth-order valence-electron chi connectivity index (χ4n) is 2.70. The van der Waals surface area contributed by atoms with Crippen molar-refractivity contribution in [3.8, 4) is 5.75 Å². The monoisotopic (exact) mass is 355 g/mol. The van der Waals surface area contributed by atoms with Gasteiger partial charge < -0.3 is 25.0 Å². The maximum Gasteiger partial charge on any atom is 0.341 e. The van der Waals surface area contributed by atoms with E-state index in [-0.39, 0.29) is 22.4 Å². The third-order valence-electron chi connectivity index (χ3n) is 4.11. The number of likely N-dealkylation sites (N-methyl/N-ethyl adjacent to an activating group) is 1. The third-order valence-corrected chi connectivity index (χ3v) is 4.43. The summed E-state index contributed by atoms with van der Waals surface area (Å²) in [5.41, 5.74) is 0.557. The van der Waals surface area contributed by atoms with Gasteiger partial charge in [-0.2, -0.15) is 0 Å². The highest BCUT2D eigenvalue weighted by Gasteiger charge is 2.22. The zero-order valence-corrected chi connectivity index (χ0v) is 14.8. The van der Waals surface area contributed by atoms with Crippen molar-refractivity contribution >= 4 is 29.3 Å². The second kappa shape index (κ2) is 8.21. The first-order valence-electron chi connectivity index (χ1n) is 7.67. The quantitative estimate of drug-likeness (QED) is 0.792. The van der Waals surface area contributed by atoms with E-state index in [0.717, 1.165) is 19.4 Å². The van der Waals surface area contributed by atoms with Crippen molar-refractivity contribution in [1.82, 2.24) is 10.2 Å². The number of methoxy groups -OCH3 is 2. The second-order valence-corrected chi connectivity index (χ2v) is 6.04. The standard InChI is InChI=1S/C16H22ClN3O4/c1-20-6-4-5-10(20)9-18-16(22)19-13-8-14(23-2)11(7-12(13)17)15(21)24-3/h7-8,10H,4-6,9H2,1-3H3,(H2,18,19,22)/t10-/m0/s1. The van der Waals surface area contributed by atoms with Crippen molar-refractivity contribution in [3.05, 3.63) is 22.7 Å². The number of nitrogens with one attached hydrogen (secondary N) is 2. The fourth-order valence-corrected chi connectivity index (χ4v) is 2.91. The molecule has 1 fully saturated rings. The Balaban J connectivity index is 2.03. The van der Waals surface area contributed by atoms with Gasteiger partial charge in [0.2, 0.25) is 0 Å². The van der Waals surface area contributed by atoms with Gasteiger partial charge in [0.05, 0.1) is 24.9 Å². The lowest BCUT2D eigenvalue weighted by molar-refractivity contribution is 0.0597. The number of carbonyl (C=O) groups is 2. The largest absolute Gasteiger partial charge is 0.496 e. The Morgan fingerprint density at radius 2 is 2.12 bits per heavy atom. The third kappa shape index (κ3) is 4.30. The molecule has 7 nitrogen and oxygen atoms in total. The summed E-state index contributed by atoms with van der Waals surface area (Å²) >= 11 is 6.14. The molecule has 1 aromatic rings. The van der Waals surface area contributed by atoms with E-state index in [9.17, 15) is 9.59 Å². The number of rotatable bonds is 5. The van der Waals surface area contributed by atoms with Crippen molar-refractivity contribution in [3.63, 3.8) is 0 Å². The number of amides is 2. The van der Waals surface area contributed by atoms with Crippen LogP contribution in [0.2, 0.25) is 5.02 Å². The van der Waals surface area contributed by atoms with Gasteiger partial charge in [0, 0.05) is 18.7 Å². The number of carbonyl (C=O) groups excluding carboxylic acids is 2. The van der Waals surface area contributed by atoms with Crippen LogP contribution in [0.15, 0.2) is 12.1 Å². The van der Waals surface area contributed by atoms with E-state index in [1.165, 1.54) is 26.4 Å². The molecule has 8 heteroatoms. The average molecular weight is 356 g/mol. The molecule has 1 saturated heterocycles. The van der Waals surface area contributed by atoms with Gasteiger partial charge in [-0.3, -0.25) is 0 Å². The van der Waals surface area contributed by atoms with Crippen LogP contribution in [0.25, 0.3) is 0 Å². The molecule has 1 aliphatic heterocycles. The highest BCUT2D eigenvalue weighted by Crippen LogP contribution is 2.31. The average Bonchev–Trinajstić information content (AvgIpc) is 2.98. The molecular formula is C16H22ClN3O4. The minimum atomic E-state index is -0.561. The van der Waals surface area contributed by atoms with Crippen molar-refractivity contribution in [2.24, 2.45) is 0 Å². The van der Waals surface area contributed by atoms with Gasteiger partial charge in [0.1, 0.15) is 11.3 Å². The number of hydrogen-bond donors (Lipinski definition) is 2. The van der Waals surface area contributed by atoms with Crippen LogP contribution in [-0.2, 0) is 4.74 Å². The molecule has 0 aliphatic carbocycles. The van der Waals surface area contributed by atoms with Crippen molar-refractivity contribution in [2.45, 2.75) is 18.9 Å². The first-order chi connectivity index (χ1) is 11.5. The lowest BCUT2D eigenvalue weighted by Crippen LogP contribution is -2.40. The smallest absolute Gasteiger partial charge is 0.341 e. The zero-order valence-electron chi connectivity index (χ0n) is 14.0. The zero-order chi connectivity index (χ0) is 17.7. The highest BCUT2D eigenvalue weighted by molar-refractivity contribution is 6.34. The summed E-state index contributed by atoms with van der Waals surface area (Å²) in [5.74, 6) is -0.286. The van der Waals surface area contributed by atoms with Crippen molar-refractivity contribution in [2.75, 3.05) is 39.7 Å². The van der Waals surface area contributed by atoms with E-state index in [2.05, 4.69) is 20.3 Å². The summed E-state index contributed by atoms with van der Waals surface area (Å²) in [6.07, 6.45) is 2.21. The predicted octanol–water partition coefficient (Wildman–Crippen LogP) is 2.35. The molecule has 1 aromatic carbocycles. The second-order valence-electron chi connectivity index (χ2n) is 5.64. The molecule has 2 amide bonds. The molecule has 0 radical (unpaired) electrons. The first-order valence-corrected chi connectivity index (χ1v) is 8.05. The molecule has 0 unspecified atom stereocenters. The van der Waals surface area contributed by atoms with Crippen LogP contribution < -0.4 is 15.4 Å². The lowest BCUT2D eigenvalue weighted by Gasteiger charge is -2.20. The molecule has 24 heavy (non-hydrogen) atoms. The molecule has 1 aliphatic rings. The summed E-state index contributed by atoms with van der Waals surface area (Å²) in [7, 11) is 4.75. The minimum Gasteiger partial charge on any atom is -0.496 e. The van der Waals surface area contributed by atoms with Gasteiger partial charge in [-0.05, 0) is 32.5 Å². The topological polar surface area (TPSA) is 79.9 Å². The summed E-state index contributed by atoms with van der Waals surface area (Å²) in [6, 6.07) is 2.90. The number of urea groups is 1. The van der Waals surface area contributed by atoms with E-state index in [1.807, 2.05) is 7.05 Å². The number of likely N-dealkylation sites (tertiary alicyclic amines) is 1. The van der Waals surface area contributed by atoms with E-state index >= 15 is 0 Å². The molecule has 0 bridgehead atoms. The molecule has 0 saturated carbocycles. The number of nitrogens with zero attached hydrogens (tertiary/aromatic N) is 1. The van der Waals surface area contributed by atoms with Crippen LogP contribution in [0.3, 0.4) is 0 Å². The van der Waals surface area contributed by atoms with Gasteiger partial charge in [-0.15, -0.1) is 0 Å². The minimum absolute atomic E-state index is 0.198. The fraction of sp³-hybridized carbons (Fsp3) is 0.500. The van der Waals surface area contributed by atoms with Crippen LogP contribution in [0.5, 0.6) is 5.75 Å². The lowest BCUT2D eigenvalue weighted by atomic mass is 10.1. The Bertz CT molecular complexity index is 624. The Labute approximate surface area is 146 Å². The molecular weight excluding hydrogens is 334 g/mol. The van der Waals surface area contributed by atoms with E-state index in [4.69, 9.17) is 16.3 Å². The van der Waals surface area contributed by atoms with Gasteiger partial charge in [0.25, 0.3) is 0 Å². The number of benzene rings is 1. The Morgan fingerprint density at radius 3 is 2.71 bits per heavy atom. The van der Waals surface area contributed by atoms with Crippen molar-refractivity contribution in [1.29, 1.82) is 0 Å². The predicted molar refractivity (Wildman–Crippen MR) is 92.0 cm³/mol. The van der Waals surface area contributed by atoms with Gasteiger partial charge >= 0.3 is 12.0 Å². The van der Waals surface area contributed by atoms with Crippen LogP contribution in [0.1, 0.15) is 23.2 Å². The SMILES string of the molecule is COC(=O)c1cc(Cl)c(NC(=O)NC[C@@H]2CCCN2C)cc1OC.